The van der Waals surface area contributed by atoms with Crippen molar-refractivity contribution in [3.8, 4) is 0 Å². The number of aromatic nitrogens is 2. The highest BCUT2D eigenvalue weighted by molar-refractivity contribution is 6.34. The second-order valence-electron chi connectivity index (χ2n) is 2.21. The smallest absolute Gasteiger partial charge is 0.304 e. The van der Waals surface area contributed by atoms with Crippen LogP contribution in [0.3, 0.4) is 0 Å². The molecular weight excluding hydrogens is 227 g/mol. The number of nitrogens with zero attached hydrogens (tertiary/aromatic N) is 3. The van der Waals surface area contributed by atoms with Crippen LogP contribution in [0.25, 0.3) is 4.85 Å². The Bertz CT molecular complexity index is 401. The van der Waals surface area contributed by atoms with Crippen molar-refractivity contribution in [2.75, 3.05) is 11.9 Å². The highest BCUT2D eigenvalue weighted by Gasteiger charge is 2.09. The molecule has 0 saturated heterocycles. The fourth-order valence-electron chi connectivity index (χ4n) is 0.687. The monoisotopic (exact) mass is 230 g/mol. The van der Waals surface area contributed by atoms with Gasteiger partial charge >= 0.3 is 5.91 Å². The average Bonchev–Trinajstić information content (AvgIpc) is 2.10. The lowest BCUT2D eigenvalue weighted by Gasteiger charge is -2.02. The minimum absolute atomic E-state index is 0.00169. The first-order chi connectivity index (χ1) is 6.63. The molecule has 72 valence electrons. The van der Waals surface area contributed by atoms with Crippen LogP contribution < -0.4 is 5.32 Å². The van der Waals surface area contributed by atoms with Crippen LogP contribution in [0.2, 0.25) is 10.4 Å². The summed E-state index contributed by atoms with van der Waals surface area (Å²) in [5.74, 6) is -0.465. The van der Waals surface area contributed by atoms with E-state index in [0.29, 0.717) is 0 Å². The van der Waals surface area contributed by atoms with Gasteiger partial charge in [-0.25, -0.2) is 16.5 Å². The first-order valence-electron chi connectivity index (χ1n) is 3.44. The van der Waals surface area contributed by atoms with Gasteiger partial charge in [-0.3, -0.25) is 4.79 Å². The molecule has 0 atom stereocenters. The van der Waals surface area contributed by atoms with Gasteiger partial charge in [0.2, 0.25) is 5.28 Å². The highest BCUT2D eigenvalue weighted by Crippen LogP contribution is 2.18. The van der Waals surface area contributed by atoms with Crippen LogP contribution >= 0.6 is 23.2 Å². The number of nitrogens with one attached hydrogen (secondary N) is 1. The maximum Gasteiger partial charge on any atom is 0.304 e. The molecule has 0 saturated carbocycles. The van der Waals surface area contributed by atoms with Crippen LogP contribution in [0.1, 0.15) is 0 Å². The number of rotatable bonds is 2. The summed E-state index contributed by atoms with van der Waals surface area (Å²) in [4.78, 5) is 21.1. The second kappa shape index (κ2) is 4.74. The zero-order valence-corrected chi connectivity index (χ0v) is 8.30. The predicted octanol–water partition coefficient (Wildman–Crippen LogP) is 1.64. The summed E-state index contributed by atoms with van der Waals surface area (Å²) in [6.07, 6.45) is 1.28. The van der Waals surface area contributed by atoms with Gasteiger partial charge in [0, 0.05) is 0 Å². The van der Waals surface area contributed by atoms with Crippen molar-refractivity contribution in [2.45, 2.75) is 0 Å². The number of hydrogen-bond acceptors (Lipinski definition) is 3. The van der Waals surface area contributed by atoms with Crippen molar-refractivity contribution in [1.29, 1.82) is 0 Å². The Balaban J connectivity index is 2.78. The Morgan fingerprint density at radius 3 is 2.93 bits per heavy atom. The highest BCUT2D eigenvalue weighted by atomic mass is 35.5. The number of amides is 1. The summed E-state index contributed by atoms with van der Waals surface area (Å²) >= 11 is 11.1. The van der Waals surface area contributed by atoms with Crippen LogP contribution in [-0.4, -0.2) is 22.4 Å². The van der Waals surface area contributed by atoms with Crippen LogP contribution in [0, 0.1) is 6.57 Å². The number of halogens is 2. The van der Waals surface area contributed by atoms with E-state index >= 15 is 0 Å². The van der Waals surface area contributed by atoms with E-state index in [4.69, 9.17) is 29.8 Å². The first-order valence-corrected chi connectivity index (χ1v) is 4.20. The summed E-state index contributed by atoms with van der Waals surface area (Å²) in [6, 6.07) is 0. The molecule has 0 aromatic carbocycles. The minimum atomic E-state index is -0.465. The van der Waals surface area contributed by atoms with E-state index in [9.17, 15) is 4.79 Å². The van der Waals surface area contributed by atoms with Gasteiger partial charge in [-0.2, -0.15) is 0 Å². The van der Waals surface area contributed by atoms with Gasteiger partial charge in [-0.05, 0) is 11.6 Å². The summed E-state index contributed by atoms with van der Waals surface area (Å²) in [7, 11) is 0. The molecule has 0 spiro atoms. The molecule has 14 heavy (non-hydrogen) atoms. The molecule has 1 aromatic heterocycles. The topological polar surface area (TPSA) is 59.2 Å². The molecule has 1 rings (SSSR count). The summed E-state index contributed by atoms with van der Waals surface area (Å²) in [6.45, 7) is 6.20. The largest absolute Gasteiger partial charge is 0.316 e. The zero-order chi connectivity index (χ0) is 10.6. The molecule has 1 N–H and O–H groups in total. The van der Waals surface area contributed by atoms with Crippen molar-refractivity contribution < 1.29 is 4.79 Å². The van der Waals surface area contributed by atoms with Crippen molar-refractivity contribution >= 4 is 34.8 Å². The molecule has 1 amide bonds. The number of carbonyl (C=O) groups excluding carboxylic acids is 1. The van der Waals surface area contributed by atoms with Crippen molar-refractivity contribution in [1.82, 2.24) is 9.97 Å². The number of anilines is 1. The first kappa shape index (κ1) is 10.7. The van der Waals surface area contributed by atoms with Gasteiger partial charge in [0.15, 0.2) is 5.15 Å². The Kier molecular flexibility index (Phi) is 3.63. The van der Waals surface area contributed by atoms with Crippen LogP contribution in [0.15, 0.2) is 6.20 Å². The molecule has 0 aliphatic carbocycles. The Morgan fingerprint density at radius 2 is 2.36 bits per heavy atom. The van der Waals surface area contributed by atoms with Gasteiger partial charge in [-0.15, -0.1) is 0 Å². The Morgan fingerprint density at radius 1 is 1.64 bits per heavy atom. The van der Waals surface area contributed by atoms with Crippen LogP contribution in [0.5, 0.6) is 0 Å². The minimum Gasteiger partial charge on any atom is -0.316 e. The number of carbonyl (C=O) groups is 1. The van der Waals surface area contributed by atoms with E-state index in [1.165, 1.54) is 6.20 Å². The maximum atomic E-state index is 11.0. The van der Waals surface area contributed by atoms with Gasteiger partial charge in [0.25, 0.3) is 6.54 Å². The molecule has 1 aromatic rings. The van der Waals surface area contributed by atoms with Gasteiger partial charge in [-0.1, -0.05) is 11.6 Å². The van der Waals surface area contributed by atoms with Crippen molar-refractivity contribution in [3.63, 3.8) is 0 Å². The molecule has 0 fully saturated rings. The molecule has 5 nitrogen and oxygen atoms in total. The fraction of sp³-hybridized carbons (Fsp3) is 0.143. The summed E-state index contributed by atoms with van der Waals surface area (Å²) < 4.78 is 0. The van der Waals surface area contributed by atoms with Crippen LogP contribution in [0.4, 0.5) is 5.69 Å². The van der Waals surface area contributed by atoms with E-state index in [2.05, 4.69) is 20.1 Å². The Labute approximate surface area is 89.9 Å². The van der Waals surface area contributed by atoms with Gasteiger partial charge in [0.1, 0.15) is 0 Å². The molecule has 0 aliphatic rings. The second-order valence-corrected chi connectivity index (χ2v) is 2.90. The van der Waals surface area contributed by atoms with E-state index < -0.39 is 5.91 Å². The van der Waals surface area contributed by atoms with Crippen molar-refractivity contribution in [2.24, 2.45) is 0 Å². The lowest BCUT2D eigenvalue weighted by atomic mass is 10.5. The number of hydrogen-bond donors (Lipinski definition) is 1. The van der Waals surface area contributed by atoms with Gasteiger partial charge < -0.3 is 10.2 Å². The third-order valence-electron chi connectivity index (χ3n) is 1.21. The summed E-state index contributed by atoms with van der Waals surface area (Å²) in [5, 5.41) is 2.41. The van der Waals surface area contributed by atoms with E-state index in [1.807, 2.05) is 0 Å². The molecule has 0 unspecified atom stereocenters. The lowest BCUT2D eigenvalue weighted by molar-refractivity contribution is -0.114. The lowest BCUT2D eigenvalue weighted by Crippen LogP contribution is -2.14. The maximum absolute atomic E-state index is 11.0. The standard InChI is InChI=1S/C7H4Cl2N4O/c1-10-3-5(14)12-4-2-11-7(9)13-6(4)8/h2H,3H2,(H,12,14). The third-order valence-corrected chi connectivity index (χ3v) is 1.68. The fourth-order valence-corrected chi connectivity index (χ4v) is 1.04. The van der Waals surface area contributed by atoms with E-state index in [0.717, 1.165) is 0 Å². The molecular formula is C7H4Cl2N4O. The molecule has 0 radical (unpaired) electrons. The van der Waals surface area contributed by atoms with Gasteiger partial charge in [0.05, 0.1) is 11.9 Å². The van der Waals surface area contributed by atoms with E-state index in [-0.39, 0.29) is 22.7 Å². The predicted molar refractivity (Wildman–Crippen MR) is 52.2 cm³/mol. The summed E-state index contributed by atoms with van der Waals surface area (Å²) in [5.41, 5.74) is 0.240. The van der Waals surface area contributed by atoms with Crippen molar-refractivity contribution in [3.05, 3.63) is 28.1 Å². The Hall–Kier alpha value is -1.38. The quantitative estimate of drug-likeness (QED) is 0.478. The molecule has 0 bridgehead atoms. The normalized spacial score (nSPS) is 9.21. The third kappa shape index (κ3) is 2.83. The SMILES string of the molecule is [C-]#[N+]CC(=O)Nc1cnc(Cl)nc1Cl. The molecule has 0 aliphatic heterocycles. The zero-order valence-electron chi connectivity index (χ0n) is 6.79. The molecule has 7 heteroatoms. The average molecular weight is 231 g/mol. The van der Waals surface area contributed by atoms with E-state index in [1.54, 1.807) is 0 Å². The van der Waals surface area contributed by atoms with Crippen LogP contribution in [-0.2, 0) is 4.79 Å². The molecule has 1 heterocycles.